The van der Waals surface area contributed by atoms with Gasteiger partial charge < -0.3 is 18.9 Å². The Bertz CT molecular complexity index is 550. The van der Waals surface area contributed by atoms with E-state index in [-0.39, 0.29) is 6.10 Å². The standard InChI is InChI=1S/C18H25NO4/c1-2-20-11-14-4-5-15-16(23-14)7-8-19(15)10-13-3-6-17-18(9-13)22-12-21-17/h3,6,9,14-16H,2,4-5,7-8,10-12H2,1H3/t14-,15+,16+/m0/s1. The fraction of sp³-hybridized carbons (Fsp3) is 0.667. The van der Waals surface area contributed by atoms with Crippen LogP contribution in [0.25, 0.3) is 0 Å². The summed E-state index contributed by atoms with van der Waals surface area (Å²) in [6, 6.07) is 6.80. The number of rotatable bonds is 5. The molecule has 23 heavy (non-hydrogen) atoms. The highest BCUT2D eigenvalue weighted by molar-refractivity contribution is 5.44. The van der Waals surface area contributed by atoms with Gasteiger partial charge in [0.2, 0.25) is 6.79 Å². The van der Waals surface area contributed by atoms with Gasteiger partial charge in [0, 0.05) is 25.7 Å². The average molecular weight is 319 g/mol. The molecule has 5 heteroatoms. The van der Waals surface area contributed by atoms with Crippen LogP contribution in [-0.4, -0.2) is 49.7 Å². The molecule has 1 aromatic carbocycles. The van der Waals surface area contributed by atoms with Crippen molar-refractivity contribution in [3.63, 3.8) is 0 Å². The molecule has 3 aliphatic heterocycles. The van der Waals surface area contributed by atoms with Crippen molar-refractivity contribution in [3.05, 3.63) is 23.8 Å². The van der Waals surface area contributed by atoms with Crippen LogP contribution in [0.2, 0.25) is 0 Å². The van der Waals surface area contributed by atoms with Crippen molar-refractivity contribution < 1.29 is 18.9 Å². The SMILES string of the molecule is CCOC[C@@H]1CC[C@@H]2[C@@H](CCN2Cc2ccc3c(c2)OCO3)O1. The molecular weight excluding hydrogens is 294 g/mol. The highest BCUT2D eigenvalue weighted by Gasteiger charge is 2.39. The molecule has 3 heterocycles. The molecule has 5 nitrogen and oxygen atoms in total. The number of ether oxygens (including phenoxy) is 4. The second-order valence-electron chi connectivity index (χ2n) is 6.55. The summed E-state index contributed by atoms with van der Waals surface area (Å²) in [5, 5.41) is 0. The van der Waals surface area contributed by atoms with E-state index in [1.807, 2.05) is 13.0 Å². The third-order valence-corrected chi connectivity index (χ3v) is 5.08. The number of hydrogen-bond acceptors (Lipinski definition) is 5. The van der Waals surface area contributed by atoms with E-state index in [2.05, 4.69) is 17.0 Å². The zero-order valence-corrected chi connectivity index (χ0v) is 13.7. The number of likely N-dealkylation sites (tertiary alicyclic amines) is 1. The Hall–Kier alpha value is -1.30. The zero-order valence-electron chi connectivity index (χ0n) is 13.7. The largest absolute Gasteiger partial charge is 0.454 e. The summed E-state index contributed by atoms with van der Waals surface area (Å²) >= 11 is 0. The van der Waals surface area contributed by atoms with Gasteiger partial charge in [-0.15, -0.1) is 0 Å². The topological polar surface area (TPSA) is 40.2 Å². The molecule has 0 aromatic heterocycles. The van der Waals surface area contributed by atoms with E-state index < -0.39 is 0 Å². The number of fused-ring (bicyclic) bond motifs is 2. The van der Waals surface area contributed by atoms with Crippen LogP contribution in [0, 0.1) is 0 Å². The molecule has 1 aromatic rings. The first-order chi connectivity index (χ1) is 11.3. The van der Waals surface area contributed by atoms with Gasteiger partial charge in [0.25, 0.3) is 0 Å². The van der Waals surface area contributed by atoms with Gasteiger partial charge in [-0.05, 0) is 43.9 Å². The van der Waals surface area contributed by atoms with Gasteiger partial charge >= 0.3 is 0 Å². The highest BCUT2D eigenvalue weighted by atomic mass is 16.7. The minimum atomic E-state index is 0.279. The predicted molar refractivity (Wildman–Crippen MR) is 85.8 cm³/mol. The van der Waals surface area contributed by atoms with Crippen molar-refractivity contribution in [1.82, 2.24) is 4.90 Å². The Morgan fingerprint density at radius 3 is 3.00 bits per heavy atom. The molecule has 0 radical (unpaired) electrons. The van der Waals surface area contributed by atoms with Gasteiger partial charge in [-0.1, -0.05) is 6.07 Å². The smallest absolute Gasteiger partial charge is 0.231 e. The van der Waals surface area contributed by atoms with Crippen LogP contribution in [0.4, 0.5) is 0 Å². The van der Waals surface area contributed by atoms with Crippen molar-refractivity contribution in [2.45, 2.75) is 51.0 Å². The Morgan fingerprint density at radius 2 is 2.09 bits per heavy atom. The lowest BCUT2D eigenvalue weighted by Crippen LogP contribution is -2.43. The second-order valence-corrected chi connectivity index (χ2v) is 6.55. The summed E-state index contributed by atoms with van der Waals surface area (Å²) in [5.41, 5.74) is 1.28. The molecule has 2 fully saturated rings. The van der Waals surface area contributed by atoms with E-state index in [4.69, 9.17) is 18.9 Å². The molecule has 3 aliphatic rings. The minimum Gasteiger partial charge on any atom is -0.454 e. The van der Waals surface area contributed by atoms with Gasteiger partial charge in [-0.2, -0.15) is 0 Å². The molecule has 0 amide bonds. The number of benzene rings is 1. The number of nitrogens with zero attached hydrogens (tertiary/aromatic N) is 1. The summed E-state index contributed by atoms with van der Waals surface area (Å²) in [6.07, 6.45) is 4.06. The van der Waals surface area contributed by atoms with Gasteiger partial charge in [0.05, 0.1) is 18.8 Å². The Morgan fingerprint density at radius 1 is 1.17 bits per heavy atom. The maximum Gasteiger partial charge on any atom is 0.231 e. The maximum absolute atomic E-state index is 6.24. The van der Waals surface area contributed by atoms with Gasteiger partial charge in [-0.25, -0.2) is 0 Å². The van der Waals surface area contributed by atoms with Crippen molar-refractivity contribution in [1.29, 1.82) is 0 Å². The van der Waals surface area contributed by atoms with Crippen molar-refractivity contribution in [2.75, 3.05) is 26.6 Å². The van der Waals surface area contributed by atoms with Crippen molar-refractivity contribution in [3.8, 4) is 11.5 Å². The third-order valence-electron chi connectivity index (χ3n) is 5.08. The lowest BCUT2D eigenvalue weighted by atomic mass is 9.99. The molecule has 0 spiro atoms. The predicted octanol–water partition coefficient (Wildman–Crippen LogP) is 2.57. The summed E-state index contributed by atoms with van der Waals surface area (Å²) in [4.78, 5) is 2.55. The van der Waals surface area contributed by atoms with E-state index in [0.717, 1.165) is 50.6 Å². The molecule has 2 saturated heterocycles. The molecular formula is C18H25NO4. The molecule has 0 bridgehead atoms. The Balaban J connectivity index is 1.36. The fourth-order valence-corrected chi connectivity index (χ4v) is 3.93. The first-order valence-electron chi connectivity index (χ1n) is 8.69. The molecule has 4 rings (SSSR count). The zero-order chi connectivity index (χ0) is 15.6. The first kappa shape index (κ1) is 15.2. The molecule has 126 valence electrons. The lowest BCUT2D eigenvalue weighted by molar-refractivity contribution is -0.0985. The van der Waals surface area contributed by atoms with Crippen LogP contribution in [0.1, 0.15) is 31.7 Å². The quantitative estimate of drug-likeness (QED) is 0.834. The molecule has 0 saturated carbocycles. The normalized spacial score (nSPS) is 29.7. The summed E-state index contributed by atoms with van der Waals surface area (Å²) in [7, 11) is 0. The van der Waals surface area contributed by atoms with Crippen LogP contribution in [0.5, 0.6) is 11.5 Å². The van der Waals surface area contributed by atoms with E-state index in [1.54, 1.807) is 0 Å². The molecule has 0 N–H and O–H groups in total. The fourth-order valence-electron chi connectivity index (χ4n) is 3.93. The third kappa shape index (κ3) is 3.18. The van der Waals surface area contributed by atoms with E-state index in [0.29, 0.717) is 18.9 Å². The summed E-state index contributed by atoms with van der Waals surface area (Å²) < 4.78 is 22.6. The lowest BCUT2D eigenvalue weighted by Gasteiger charge is -2.36. The van der Waals surface area contributed by atoms with Crippen molar-refractivity contribution >= 4 is 0 Å². The summed E-state index contributed by atoms with van der Waals surface area (Å²) in [6.45, 7) is 5.94. The van der Waals surface area contributed by atoms with E-state index >= 15 is 0 Å². The van der Waals surface area contributed by atoms with Crippen molar-refractivity contribution in [2.24, 2.45) is 0 Å². The van der Waals surface area contributed by atoms with Crippen LogP contribution in [0.15, 0.2) is 18.2 Å². The molecule has 0 unspecified atom stereocenters. The minimum absolute atomic E-state index is 0.279. The van der Waals surface area contributed by atoms with Gasteiger partial charge in [-0.3, -0.25) is 4.90 Å². The first-order valence-corrected chi connectivity index (χ1v) is 8.69. The highest BCUT2D eigenvalue weighted by Crippen LogP contribution is 2.35. The molecule has 0 aliphatic carbocycles. The van der Waals surface area contributed by atoms with Crippen LogP contribution >= 0.6 is 0 Å². The van der Waals surface area contributed by atoms with E-state index in [1.165, 1.54) is 12.0 Å². The summed E-state index contributed by atoms with van der Waals surface area (Å²) in [5.74, 6) is 1.72. The monoisotopic (exact) mass is 319 g/mol. The second kappa shape index (κ2) is 6.67. The van der Waals surface area contributed by atoms with Crippen LogP contribution < -0.4 is 9.47 Å². The van der Waals surface area contributed by atoms with Crippen LogP contribution in [0.3, 0.4) is 0 Å². The van der Waals surface area contributed by atoms with Gasteiger partial charge in [0.15, 0.2) is 11.5 Å². The van der Waals surface area contributed by atoms with Gasteiger partial charge in [0.1, 0.15) is 0 Å². The van der Waals surface area contributed by atoms with E-state index in [9.17, 15) is 0 Å². The maximum atomic E-state index is 6.24. The Labute approximate surface area is 137 Å². The number of hydrogen-bond donors (Lipinski definition) is 0. The van der Waals surface area contributed by atoms with Crippen LogP contribution in [-0.2, 0) is 16.0 Å². The Kier molecular flexibility index (Phi) is 4.42. The average Bonchev–Trinajstić information content (AvgIpc) is 3.19. The molecule has 3 atom stereocenters.